The molecule has 0 aliphatic heterocycles. The second-order valence-corrected chi connectivity index (χ2v) is 6.88. The highest BCUT2D eigenvalue weighted by Crippen LogP contribution is 2.30. The molecule has 0 aromatic heterocycles. The summed E-state index contributed by atoms with van der Waals surface area (Å²) in [5.74, 6) is -1.63. The molecule has 3 aromatic carbocycles. The summed E-state index contributed by atoms with van der Waals surface area (Å²) in [5.41, 5.74) is 0.848. The number of rotatable bonds is 6. The van der Waals surface area contributed by atoms with Crippen LogP contribution in [0.3, 0.4) is 0 Å². The van der Waals surface area contributed by atoms with Crippen molar-refractivity contribution in [3.63, 3.8) is 0 Å². The van der Waals surface area contributed by atoms with Gasteiger partial charge in [-0.25, -0.2) is 9.18 Å². The van der Waals surface area contributed by atoms with E-state index in [-0.39, 0.29) is 22.6 Å². The predicted molar refractivity (Wildman–Crippen MR) is 118 cm³/mol. The first kappa shape index (κ1) is 22.5. The van der Waals surface area contributed by atoms with Crippen molar-refractivity contribution >= 4 is 35.2 Å². The zero-order chi connectivity index (χ0) is 23.1. The Bertz CT molecular complexity index is 1230. The molecule has 0 spiro atoms. The lowest BCUT2D eigenvalue weighted by Gasteiger charge is -2.10. The molecule has 0 atom stereocenters. The van der Waals surface area contributed by atoms with Crippen LogP contribution in [0.5, 0.6) is 11.5 Å². The van der Waals surface area contributed by atoms with E-state index in [0.29, 0.717) is 16.3 Å². The maximum atomic E-state index is 13.3. The number of nitrogens with one attached hydrogen (secondary N) is 1. The van der Waals surface area contributed by atoms with Crippen molar-refractivity contribution in [1.82, 2.24) is 0 Å². The minimum absolute atomic E-state index is 0.0432. The van der Waals surface area contributed by atoms with Crippen LogP contribution >= 0.6 is 11.6 Å². The fourth-order valence-electron chi connectivity index (χ4n) is 2.68. The topological polar surface area (TPSA) is 88.4 Å². The van der Waals surface area contributed by atoms with Gasteiger partial charge in [-0.15, -0.1) is 0 Å². The van der Waals surface area contributed by atoms with Crippen LogP contribution in [0.4, 0.5) is 10.1 Å². The van der Waals surface area contributed by atoms with Crippen molar-refractivity contribution in [2.75, 3.05) is 12.4 Å². The molecule has 0 aliphatic carbocycles. The molecule has 160 valence electrons. The van der Waals surface area contributed by atoms with Crippen LogP contribution in [0.15, 0.2) is 72.3 Å². The van der Waals surface area contributed by atoms with Gasteiger partial charge in [0.1, 0.15) is 17.5 Å². The number of hydrogen-bond acceptors (Lipinski definition) is 5. The monoisotopic (exact) mass is 450 g/mol. The van der Waals surface area contributed by atoms with Crippen LogP contribution in [0, 0.1) is 17.1 Å². The number of methoxy groups -OCH3 is 1. The Morgan fingerprint density at radius 1 is 1.06 bits per heavy atom. The number of carbonyl (C=O) groups excluding carboxylic acids is 2. The first-order valence-corrected chi connectivity index (χ1v) is 9.62. The molecule has 0 radical (unpaired) electrons. The summed E-state index contributed by atoms with van der Waals surface area (Å²) in [6.07, 6.45) is 1.37. The average Bonchev–Trinajstić information content (AvgIpc) is 2.79. The standard InChI is InChI=1S/C24H16ClFN2O4/c1-31-22-12-15(5-10-21(22)32-24(30)16-3-2-4-19(26)13-16)11-17(14-27)23(29)28-20-8-6-18(25)7-9-20/h2-13H,1H3,(H,28,29)/b17-11+. The molecule has 0 fully saturated rings. The summed E-state index contributed by atoms with van der Waals surface area (Å²) in [7, 11) is 1.38. The highest BCUT2D eigenvalue weighted by atomic mass is 35.5. The Labute approximate surface area is 188 Å². The molecule has 0 aliphatic rings. The maximum absolute atomic E-state index is 13.3. The highest BCUT2D eigenvalue weighted by molar-refractivity contribution is 6.30. The number of halogens is 2. The molecule has 8 heteroatoms. The molecule has 1 N–H and O–H groups in total. The average molecular weight is 451 g/mol. The number of carbonyl (C=O) groups is 2. The normalized spacial score (nSPS) is 10.8. The van der Waals surface area contributed by atoms with E-state index in [9.17, 15) is 19.2 Å². The number of nitriles is 1. The summed E-state index contributed by atoms with van der Waals surface area (Å²) in [6.45, 7) is 0. The van der Waals surface area contributed by atoms with Crippen molar-refractivity contribution in [2.24, 2.45) is 0 Å². The number of nitrogens with zero attached hydrogens (tertiary/aromatic N) is 1. The lowest BCUT2D eigenvalue weighted by Crippen LogP contribution is -2.13. The van der Waals surface area contributed by atoms with Crippen molar-refractivity contribution in [2.45, 2.75) is 0 Å². The van der Waals surface area contributed by atoms with Gasteiger partial charge in [-0.05, 0) is 66.2 Å². The first-order chi connectivity index (χ1) is 15.4. The van der Waals surface area contributed by atoms with Crippen LogP contribution < -0.4 is 14.8 Å². The van der Waals surface area contributed by atoms with E-state index in [1.807, 2.05) is 6.07 Å². The molecule has 0 saturated carbocycles. The Hall–Kier alpha value is -4.15. The zero-order valence-electron chi connectivity index (χ0n) is 16.8. The van der Waals surface area contributed by atoms with Gasteiger partial charge in [0.15, 0.2) is 11.5 Å². The lowest BCUT2D eigenvalue weighted by atomic mass is 10.1. The van der Waals surface area contributed by atoms with E-state index in [0.717, 1.165) is 6.07 Å². The molecular formula is C24H16ClFN2O4. The number of benzene rings is 3. The third-order valence-electron chi connectivity index (χ3n) is 4.23. The van der Waals surface area contributed by atoms with Gasteiger partial charge in [0.25, 0.3) is 5.91 Å². The lowest BCUT2D eigenvalue weighted by molar-refractivity contribution is -0.112. The number of esters is 1. The Morgan fingerprint density at radius 2 is 1.81 bits per heavy atom. The van der Waals surface area contributed by atoms with Gasteiger partial charge in [0, 0.05) is 10.7 Å². The van der Waals surface area contributed by atoms with Crippen LogP contribution in [0.1, 0.15) is 15.9 Å². The number of amides is 1. The van der Waals surface area contributed by atoms with E-state index < -0.39 is 17.7 Å². The van der Waals surface area contributed by atoms with E-state index in [1.54, 1.807) is 30.3 Å². The van der Waals surface area contributed by atoms with Crippen molar-refractivity contribution in [3.8, 4) is 17.6 Å². The van der Waals surface area contributed by atoms with Gasteiger partial charge in [-0.3, -0.25) is 4.79 Å². The summed E-state index contributed by atoms with van der Waals surface area (Å²) < 4.78 is 23.9. The SMILES string of the molecule is COc1cc(/C=C(\C#N)C(=O)Nc2ccc(Cl)cc2)ccc1OC(=O)c1cccc(F)c1. The van der Waals surface area contributed by atoms with Gasteiger partial charge >= 0.3 is 5.97 Å². The van der Waals surface area contributed by atoms with Crippen LogP contribution in [-0.4, -0.2) is 19.0 Å². The van der Waals surface area contributed by atoms with Gasteiger partial charge in [-0.1, -0.05) is 23.7 Å². The molecule has 0 unspecified atom stereocenters. The maximum Gasteiger partial charge on any atom is 0.343 e. The van der Waals surface area contributed by atoms with Crippen molar-refractivity contribution < 1.29 is 23.5 Å². The van der Waals surface area contributed by atoms with Gasteiger partial charge < -0.3 is 14.8 Å². The second-order valence-electron chi connectivity index (χ2n) is 6.44. The summed E-state index contributed by atoms with van der Waals surface area (Å²) >= 11 is 5.82. The van der Waals surface area contributed by atoms with Gasteiger partial charge in [-0.2, -0.15) is 5.26 Å². The molecule has 0 heterocycles. The summed E-state index contributed by atoms with van der Waals surface area (Å²) in [5, 5.41) is 12.5. The molecule has 0 saturated heterocycles. The number of hydrogen-bond donors (Lipinski definition) is 1. The third-order valence-corrected chi connectivity index (χ3v) is 4.48. The molecule has 3 rings (SSSR count). The second kappa shape index (κ2) is 10.2. The van der Waals surface area contributed by atoms with Crippen molar-refractivity contribution in [1.29, 1.82) is 5.26 Å². The van der Waals surface area contributed by atoms with Gasteiger partial charge in [0.2, 0.25) is 0 Å². The van der Waals surface area contributed by atoms with Crippen LogP contribution in [0.25, 0.3) is 6.08 Å². The molecule has 0 bridgehead atoms. The fraction of sp³-hybridized carbons (Fsp3) is 0.0417. The molecular weight excluding hydrogens is 435 g/mol. The Kier molecular flexibility index (Phi) is 7.21. The minimum atomic E-state index is -0.758. The van der Waals surface area contributed by atoms with E-state index >= 15 is 0 Å². The smallest absolute Gasteiger partial charge is 0.343 e. The van der Waals surface area contributed by atoms with Crippen molar-refractivity contribution in [3.05, 3.63) is 94.3 Å². The van der Waals surface area contributed by atoms with E-state index in [4.69, 9.17) is 21.1 Å². The quantitative estimate of drug-likeness (QED) is 0.240. The Balaban J connectivity index is 1.79. The molecule has 3 aromatic rings. The van der Waals surface area contributed by atoms with Crippen LogP contribution in [0.2, 0.25) is 5.02 Å². The predicted octanol–water partition coefficient (Wildman–Crippen LogP) is 5.25. The zero-order valence-corrected chi connectivity index (χ0v) is 17.5. The van der Waals surface area contributed by atoms with E-state index in [1.165, 1.54) is 43.5 Å². The summed E-state index contributed by atoms with van der Waals surface area (Å²) in [4.78, 5) is 24.7. The number of ether oxygens (including phenoxy) is 2. The fourth-order valence-corrected chi connectivity index (χ4v) is 2.81. The largest absolute Gasteiger partial charge is 0.493 e. The number of anilines is 1. The van der Waals surface area contributed by atoms with Gasteiger partial charge in [0.05, 0.1) is 12.7 Å². The molecule has 1 amide bonds. The summed E-state index contributed by atoms with van der Waals surface area (Å²) in [6, 6.07) is 17.9. The highest BCUT2D eigenvalue weighted by Gasteiger charge is 2.15. The van der Waals surface area contributed by atoms with Crippen LogP contribution in [-0.2, 0) is 4.79 Å². The molecule has 6 nitrogen and oxygen atoms in total. The third kappa shape index (κ3) is 5.72. The Morgan fingerprint density at radius 3 is 2.47 bits per heavy atom. The first-order valence-electron chi connectivity index (χ1n) is 9.24. The minimum Gasteiger partial charge on any atom is -0.493 e. The molecule has 32 heavy (non-hydrogen) atoms. The van der Waals surface area contributed by atoms with E-state index in [2.05, 4.69) is 5.32 Å².